The van der Waals surface area contributed by atoms with E-state index in [0.717, 1.165) is 21.2 Å². The summed E-state index contributed by atoms with van der Waals surface area (Å²) in [6, 6.07) is 8.31. The first-order valence-electron chi connectivity index (χ1n) is 5.38. The summed E-state index contributed by atoms with van der Waals surface area (Å²) in [4.78, 5) is 5.28. The summed E-state index contributed by atoms with van der Waals surface area (Å²) < 4.78 is 1.80. The van der Waals surface area contributed by atoms with Crippen LogP contribution in [0.3, 0.4) is 0 Å². The highest BCUT2D eigenvalue weighted by molar-refractivity contribution is 7.19. The maximum Gasteiger partial charge on any atom is 0.212 e. The predicted octanol–water partition coefficient (Wildman–Crippen LogP) is 2.22. The highest BCUT2D eigenvalue weighted by atomic mass is 32.1. The Morgan fingerprint density at radius 1 is 1.41 bits per heavy atom. The van der Waals surface area contributed by atoms with E-state index in [1.807, 2.05) is 12.3 Å². The van der Waals surface area contributed by atoms with E-state index in [1.54, 1.807) is 15.9 Å². The average molecular weight is 244 g/mol. The maximum absolute atomic E-state index is 5.54. The highest BCUT2D eigenvalue weighted by Crippen LogP contribution is 2.25. The van der Waals surface area contributed by atoms with Crippen LogP contribution in [-0.2, 0) is 6.54 Å². The van der Waals surface area contributed by atoms with Gasteiger partial charge in [0.2, 0.25) is 4.96 Å². The second-order valence-electron chi connectivity index (χ2n) is 3.94. The van der Waals surface area contributed by atoms with Crippen molar-refractivity contribution in [3.05, 3.63) is 41.7 Å². The van der Waals surface area contributed by atoms with Gasteiger partial charge >= 0.3 is 0 Å². The van der Waals surface area contributed by atoms with Crippen LogP contribution in [0.25, 0.3) is 15.5 Å². The SMILES string of the molecule is Cc1cccc(-c2nn3cc(CN)nc3s2)c1. The summed E-state index contributed by atoms with van der Waals surface area (Å²) in [6.07, 6.45) is 1.88. The van der Waals surface area contributed by atoms with Crippen molar-refractivity contribution in [2.45, 2.75) is 13.5 Å². The molecular weight excluding hydrogens is 232 g/mol. The Morgan fingerprint density at radius 2 is 2.29 bits per heavy atom. The topological polar surface area (TPSA) is 56.2 Å². The molecule has 0 fully saturated rings. The monoisotopic (exact) mass is 244 g/mol. The van der Waals surface area contributed by atoms with Crippen molar-refractivity contribution < 1.29 is 0 Å². The van der Waals surface area contributed by atoms with E-state index in [1.165, 1.54) is 5.56 Å². The summed E-state index contributed by atoms with van der Waals surface area (Å²) in [5.74, 6) is 0. The zero-order valence-corrected chi connectivity index (χ0v) is 10.2. The first kappa shape index (κ1) is 10.4. The molecule has 3 rings (SSSR count). The number of nitrogens with zero attached hydrogens (tertiary/aromatic N) is 3. The van der Waals surface area contributed by atoms with Gasteiger partial charge in [0.05, 0.1) is 11.9 Å². The molecule has 2 heterocycles. The molecule has 0 saturated heterocycles. The van der Waals surface area contributed by atoms with Crippen LogP contribution in [0.5, 0.6) is 0 Å². The molecule has 86 valence electrons. The van der Waals surface area contributed by atoms with Crippen LogP contribution in [0.4, 0.5) is 0 Å². The number of imidazole rings is 1. The Kier molecular flexibility index (Phi) is 2.42. The molecule has 0 aliphatic rings. The van der Waals surface area contributed by atoms with Gasteiger partial charge in [0.15, 0.2) is 0 Å². The Bertz CT molecular complexity index is 637. The molecule has 0 spiro atoms. The minimum absolute atomic E-state index is 0.454. The van der Waals surface area contributed by atoms with Gasteiger partial charge in [-0.3, -0.25) is 0 Å². The fraction of sp³-hybridized carbons (Fsp3) is 0.167. The molecule has 5 heteroatoms. The lowest BCUT2D eigenvalue weighted by Gasteiger charge is -1.96. The van der Waals surface area contributed by atoms with Crippen molar-refractivity contribution in [3.8, 4) is 10.6 Å². The Labute approximate surface area is 103 Å². The molecule has 0 bridgehead atoms. The molecule has 2 N–H and O–H groups in total. The van der Waals surface area contributed by atoms with Gasteiger partial charge < -0.3 is 5.73 Å². The average Bonchev–Trinajstić information content (AvgIpc) is 2.86. The molecule has 3 aromatic rings. The Balaban J connectivity index is 2.09. The fourth-order valence-corrected chi connectivity index (χ4v) is 2.63. The number of hydrogen-bond acceptors (Lipinski definition) is 4. The fourth-order valence-electron chi connectivity index (χ4n) is 1.74. The quantitative estimate of drug-likeness (QED) is 0.752. The van der Waals surface area contributed by atoms with Crippen LogP contribution >= 0.6 is 11.3 Å². The number of fused-ring (bicyclic) bond motifs is 1. The molecule has 0 unspecified atom stereocenters. The smallest absolute Gasteiger partial charge is 0.212 e. The highest BCUT2D eigenvalue weighted by Gasteiger charge is 2.08. The van der Waals surface area contributed by atoms with Gasteiger partial charge in [-0.1, -0.05) is 35.1 Å². The lowest BCUT2D eigenvalue weighted by Crippen LogP contribution is -1.95. The van der Waals surface area contributed by atoms with E-state index in [0.29, 0.717) is 6.54 Å². The van der Waals surface area contributed by atoms with Crippen LogP contribution in [0.15, 0.2) is 30.5 Å². The van der Waals surface area contributed by atoms with Crippen molar-refractivity contribution >= 4 is 16.3 Å². The zero-order chi connectivity index (χ0) is 11.8. The Morgan fingerprint density at radius 3 is 3.00 bits per heavy atom. The number of benzene rings is 1. The molecular formula is C12H12N4S. The van der Waals surface area contributed by atoms with E-state index >= 15 is 0 Å². The van der Waals surface area contributed by atoms with E-state index in [-0.39, 0.29) is 0 Å². The second-order valence-corrected chi connectivity index (χ2v) is 4.90. The van der Waals surface area contributed by atoms with Crippen molar-refractivity contribution in [2.24, 2.45) is 5.73 Å². The summed E-state index contributed by atoms with van der Waals surface area (Å²) in [7, 11) is 0. The molecule has 0 amide bonds. The summed E-state index contributed by atoms with van der Waals surface area (Å²) in [5.41, 5.74) is 8.79. The summed E-state index contributed by atoms with van der Waals surface area (Å²) in [5, 5.41) is 5.50. The van der Waals surface area contributed by atoms with E-state index in [9.17, 15) is 0 Å². The van der Waals surface area contributed by atoms with Gasteiger partial charge in [-0.15, -0.1) is 0 Å². The number of aryl methyl sites for hydroxylation is 1. The van der Waals surface area contributed by atoms with Gasteiger partial charge in [0.1, 0.15) is 5.01 Å². The van der Waals surface area contributed by atoms with E-state index < -0.39 is 0 Å². The van der Waals surface area contributed by atoms with Crippen molar-refractivity contribution in [3.63, 3.8) is 0 Å². The van der Waals surface area contributed by atoms with Gasteiger partial charge in [-0.2, -0.15) is 5.10 Å². The first-order chi connectivity index (χ1) is 8.26. The lowest BCUT2D eigenvalue weighted by atomic mass is 10.1. The minimum atomic E-state index is 0.454. The molecule has 4 nitrogen and oxygen atoms in total. The van der Waals surface area contributed by atoms with Gasteiger partial charge in [-0.25, -0.2) is 9.50 Å². The number of hydrogen-bond donors (Lipinski definition) is 1. The molecule has 0 aliphatic carbocycles. The molecule has 2 aromatic heterocycles. The van der Waals surface area contributed by atoms with Crippen LogP contribution < -0.4 is 5.73 Å². The number of rotatable bonds is 2. The summed E-state index contributed by atoms with van der Waals surface area (Å²) in [6.45, 7) is 2.53. The van der Waals surface area contributed by atoms with Crippen molar-refractivity contribution in [1.29, 1.82) is 0 Å². The second kappa shape index (κ2) is 3.94. The predicted molar refractivity (Wildman–Crippen MR) is 68.9 cm³/mol. The van der Waals surface area contributed by atoms with E-state index in [4.69, 9.17) is 5.73 Å². The molecule has 0 atom stereocenters. The van der Waals surface area contributed by atoms with Crippen molar-refractivity contribution in [1.82, 2.24) is 14.6 Å². The van der Waals surface area contributed by atoms with Gasteiger partial charge in [0.25, 0.3) is 0 Å². The third-order valence-electron chi connectivity index (χ3n) is 2.57. The van der Waals surface area contributed by atoms with E-state index in [2.05, 4.69) is 35.2 Å². The largest absolute Gasteiger partial charge is 0.325 e. The van der Waals surface area contributed by atoms with Crippen LogP contribution in [0.2, 0.25) is 0 Å². The molecule has 0 aliphatic heterocycles. The van der Waals surface area contributed by atoms with Crippen molar-refractivity contribution in [2.75, 3.05) is 0 Å². The van der Waals surface area contributed by atoms with Crippen LogP contribution in [-0.4, -0.2) is 14.6 Å². The maximum atomic E-state index is 5.54. The van der Waals surface area contributed by atoms with Crippen LogP contribution in [0.1, 0.15) is 11.3 Å². The third-order valence-corrected chi connectivity index (χ3v) is 3.54. The minimum Gasteiger partial charge on any atom is -0.325 e. The molecule has 0 saturated carbocycles. The lowest BCUT2D eigenvalue weighted by molar-refractivity contribution is 0.959. The Hall–Kier alpha value is -1.72. The number of nitrogens with two attached hydrogens (primary N) is 1. The molecule has 0 radical (unpaired) electrons. The summed E-state index contributed by atoms with van der Waals surface area (Å²) >= 11 is 1.58. The van der Waals surface area contributed by atoms with Crippen LogP contribution in [0, 0.1) is 6.92 Å². The third kappa shape index (κ3) is 1.83. The first-order valence-corrected chi connectivity index (χ1v) is 6.20. The normalized spacial score (nSPS) is 11.2. The zero-order valence-electron chi connectivity index (χ0n) is 9.42. The van der Waals surface area contributed by atoms with Gasteiger partial charge in [-0.05, 0) is 13.0 Å². The molecule has 17 heavy (non-hydrogen) atoms. The molecule has 1 aromatic carbocycles. The van der Waals surface area contributed by atoms with Gasteiger partial charge in [0, 0.05) is 12.1 Å². The standard InChI is InChI=1S/C12H12N4S/c1-8-3-2-4-9(5-8)11-15-16-7-10(6-13)14-12(16)17-11/h2-5,7H,6,13H2,1H3. The number of aromatic nitrogens is 3.